The number of methoxy groups -OCH3 is 1. The number of carbonyl (C=O) groups is 1. The molecule has 1 amide bonds. The van der Waals surface area contributed by atoms with Crippen LogP contribution >= 0.6 is 11.3 Å². The van der Waals surface area contributed by atoms with E-state index in [1.165, 1.54) is 12.1 Å². The summed E-state index contributed by atoms with van der Waals surface area (Å²) in [5.41, 5.74) is 3.25. The van der Waals surface area contributed by atoms with E-state index in [2.05, 4.69) is 5.32 Å². The third kappa shape index (κ3) is 3.24. The van der Waals surface area contributed by atoms with Gasteiger partial charge in [-0.3, -0.25) is 4.79 Å². The second-order valence-corrected chi connectivity index (χ2v) is 7.43. The molecule has 1 atom stereocenters. The van der Waals surface area contributed by atoms with Crippen LogP contribution in [0.5, 0.6) is 11.5 Å². The van der Waals surface area contributed by atoms with Crippen molar-refractivity contribution in [2.45, 2.75) is 19.3 Å². The van der Waals surface area contributed by atoms with Crippen LogP contribution in [0.1, 0.15) is 29.7 Å². The summed E-state index contributed by atoms with van der Waals surface area (Å²) in [5, 5.41) is 4.95. The monoisotopic (exact) mass is 397 g/mol. The van der Waals surface area contributed by atoms with E-state index in [0.29, 0.717) is 24.5 Å². The Balaban J connectivity index is 1.84. The number of amides is 1. The van der Waals surface area contributed by atoms with Gasteiger partial charge in [-0.05, 0) is 30.7 Å². The molecule has 28 heavy (non-hydrogen) atoms. The maximum atomic E-state index is 13.7. The average Bonchev–Trinajstić information content (AvgIpc) is 3.11. The highest BCUT2D eigenvalue weighted by atomic mass is 32.1. The molecule has 2 aromatic carbocycles. The number of para-hydroxylation sites is 1. The lowest BCUT2D eigenvalue weighted by Crippen LogP contribution is -2.23. The minimum absolute atomic E-state index is 0.0705. The molecule has 0 radical (unpaired) electrons. The van der Waals surface area contributed by atoms with Gasteiger partial charge in [-0.1, -0.05) is 24.3 Å². The van der Waals surface area contributed by atoms with Crippen molar-refractivity contribution in [1.29, 1.82) is 0 Å². The average molecular weight is 397 g/mol. The van der Waals surface area contributed by atoms with Crippen molar-refractivity contribution in [3.8, 4) is 22.6 Å². The predicted molar refractivity (Wildman–Crippen MR) is 109 cm³/mol. The van der Waals surface area contributed by atoms with Crippen LogP contribution in [0.25, 0.3) is 11.1 Å². The van der Waals surface area contributed by atoms with E-state index in [0.717, 1.165) is 27.3 Å². The van der Waals surface area contributed by atoms with E-state index in [-0.39, 0.29) is 17.6 Å². The number of ether oxygens (including phenoxy) is 2. The summed E-state index contributed by atoms with van der Waals surface area (Å²) in [4.78, 5) is 13.6. The summed E-state index contributed by atoms with van der Waals surface area (Å²) in [5.74, 6) is 0.793. The van der Waals surface area contributed by atoms with Crippen molar-refractivity contribution in [2.75, 3.05) is 19.0 Å². The van der Waals surface area contributed by atoms with Gasteiger partial charge in [0.15, 0.2) is 11.5 Å². The van der Waals surface area contributed by atoms with E-state index in [4.69, 9.17) is 9.47 Å². The van der Waals surface area contributed by atoms with Gasteiger partial charge in [0.25, 0.3) is 0 Å². The van der Waals surface area contributed by atoms with Crippen molar-refractivity contribution in [1.82, 2.24) is 0 Å². The summed E-state index contributed by atoms with van der Waals surface area (Å²) in [6, 6.07) is 12.1. The van der Waals surface area contributed by atoms with Gasteiger partial charge in [0.2, 0.25) is 5.91 Å². The molecule has 1 N–H and O–H groups in total. The fourth-order valence-electron chi connectivity index (χ4n) is 3.61. The van der Waals surface area contributed by atoms with Gasteiger partial charge in [-0.2, -0.15) is 0 Å². The van der Waals surface area contributed by atoms with Gasteiger partial charge in [0.1, 0.15) is 5.82 Å². The van der Waals surface area contributed by atoms with E-state index in [9.17, 15) is 9.18 Å². The Bertz CT molecular complexity index is 1030. The Hall–Kier alpha value is -2.86. The third-order valence-electron chi connectivity index (χ3n) is 4.82. The second kappa shape index (κ2) is 7.64. The van der Waals surface area contributed by atoms with Crippen molar-refractivity contribution in [3.63, 3.8) is 0 Å². The van der Waals surface area contributed by atoms with Gasteiger partial charge in [0.05, 0.1) is 19.4 Å². The van der Waals surface area contributed by atoms with Crippen molar-refractivity contribution >= 4 is 22.9 Å². The molecule has 3 aromatic rings. The minimum Gasteiger partial charge on any atom is -0.493 e. The Kier molecular flexibility index (Phi) is 5.05. The lowest BCUT2D eigenvalue weighted by atomic mass is 9.88. The van der Waals surface area contributed by atoms with Crippen molar-refractivity contribution in [2.24, 2.45) is 0 Å². The van der Waals surface area contributed by atoms with Gasteiger partial charge in [0, 0.05) is 33.7 Å². The van der Waals surface area contributed by atoms with Crippen molar-refractivity contribution < 1.29 is 18.7 Å². The largest absolute Gasteiger partial charge is 0.493 e. The lowest BCUT2D eigenvalue weighted by Gasteiger charge is -2.26. The Morgan fingerprint density at radius 3 is 2.82 bits per heavy atom. The van der Waals surface area contributed by atoms with Crippen LogP contribution in [-0.2, 0) is 4.79 Å². The molecular weight excluding hydrogens is 377 g/mol. The molecule has 4 rings (SSSR count). The molecule has 1 aliphatic heterocycles. The van der Waals surface area contributed by atoms with E-state index in [1.54, 1.807) is 24.5 Å². The standard InChI is InChI=1S/C22H20FNO3S/c1-3-27-21-15(8-5-9-18(21)26-2)16-11-19(25)24-20-17(12-28-22(16)20)13-6-4-7-14(23)10-13/h4-10,12,16H,3,11H2,1-2H3,(H,24,25)/t16-/m1/s1. The zero-order chi connectivity index (χ0) is 19.7. The van der Waals surface area contributed by atoms with Crippen LogP contribution in [0.4, 0.5) is 10.1 Å². The Labute approximate surface area is 166 Å². The van der Waals surface area contributed by atoms with Crippen LogP contribution in [0.2, 0.25) is 0 Å². The number of benzene rings is 2. The molecule has 4 nitrogen and oxygen atoms in total. The predicted octanol–water partition coefficient (Wildman–Crippen LogP) is 5.44. The summed E-state index contributed by atoms with van der Waals surface area (Å²) < 4.78 is 25.1. The van der Waals surface area contributed by atoms with Gasteiger partial charge < -0.3 is 14.8 Å². The lowest BCUT2D eigenvalue weighted by molar-refractivity contribution is -0.116. The molecule has 0 bridgehead atoms. The number of hydrogen-bond donors (Lipinski definition) is 1. The van der Waals surface area contributed by atoms with Crippen LogP contribution < -0.4 is 14.8 Å². The maximum Gasteiger partial charge on any atom is 0.225 e. The molecule has 1 aliphatic rings. The molecular formula is C22H20FNO3S. The quantitative estimate of drug-likeness (QED) is 0.624. The number of thiophene rings is 1. The number of hydrogen-bond acceptors (Lipinski definition) is 4. The fraction of sp³-hybridized carbons (Fsp3) is 0.227. The first kappa shape index (κ1) is 18.5. The molecule has 6 heteroatoms. The fourth-order valence-corrected chi connectivity index (χ4v) is 4.77. The minimum atomic E-state index is -0.303. The SMILES string of the molecule is CCOc1c(OC)cccc1[C@H]1CC(=O)Nc2c(-c3cccc(F)c3)csc21. The second-order valence-electron chi connectivity index (χ2n) is 6.52. The summed E-state index contributed by atoms with van der Waals surface area (Å²) in [7, 11) is 1.60. The van der Waals surface area contributed by atoms with Crippen molar-refractivity contribution in [3.05, 3.63) is 64.1 Å². The van der Waals surface area contributed by atoms with E-state index in [1.807, 2.05) is 36.6 Å². The third-order valence-corrected chi connectivity index (χ3v) is 5.92. The highest BCUT2D eigenvalue weighted by Crippen LogP contribution is 2.49. The maximum absolute atomic E-state index is 13.7. The van der Waals surface area contributed by atoms with Crippen LogP contribution in [-0.4, -0.2) is 19.6 Å². The number of rotatable bonds is 5. The Morgan fingerprint density at radius 1 is 1.25 bits per heavy atom. The smallest absolute Gasteiger partial charge is 0.225 e. The summed E-state index contributed by atoms with van der Waals surface area (Å²) in [6.07, 6.45) is 0.323. The molecule has 0 spiro atoms. The first-order valence-corrected chi connectivity index (χ1v) is 9.97. The van der Waals surface area contributed by atoms with Crippen LogP contribution in [0.3, 0.4) is 0 Å². The topological polar surface area (TPSA) is 47.6 Å². The number of fused-ring (bicyclic) bond motifs is 1. The molecule has 0 fully saturated rings. The van der Waals surface area contributed by atoms with Gasteiger partial charge in [-0.15, -0.1) is 11.3 Å². The molecule has 0 saturated carbocycles. The summed E-state index contributed by atoms with van der Waals surface area (Å²) >= 11 is 1.56. The van der Waals surface area contributed by atoms with E-state index < -0.39 is 0 Å². The first-order valence-electron chi connectivity index (χ1n) is 9.09. The molecule has 2 heterocycles. The van der Waals surface area contributed by atoms with Crippen LogP contribution in [0, 0.1) is 5.82 Å². The molecule has 0 unspecified atom stereocenters. The highest BCUT2D eigenvalue weighted by molar-refractivity contribution is 7.11. The number of nitrogens with one attached hydrogen (secondary N) is 1. The zero-order valence-electron chi connectivity index (χ0n) is 15.6. The van der Waals surface area contributed by atoms with Gasteiger partial charge in [-0.25, -0.2) is 4.39 Å². The summed E-state index contributed by atoms with van der Waals surface area (Å²) in [6.45, 7) is 2.42. The van der Waals surface area contributed by atoms with Crippen LogP contribution in [0.15, 0.2) is 47.8 Å². The molecule has 144 valence electrons. The zero-order valence-corrected chi connectivity index (χ0v) is 16.4. The first-order chi connectivity index (χ1) is 13.6. The van der Waals surface area contributed by atoms with E-state index >= 15 is 0 Å². The normalized spacial score (nSPS) is 15.7. The Morgan fingerprint density at radius 2 is 2.07 bits per heavy atom. The number of halogens is 1. The molecule has 0 aliphatic carbocycles. The molecule has 1 aromatic heterocycles. The number of anilines is 1. The highest BCUT2D eigenvalue weighted by Gasteiger charge is 2.33. The molecule has 0 saturated heterocycles. The number of carbonyl (C=O) groups excluding carboxylic acids is 1. The van der Waals surface area contributed by atoms with Gasteiger partial charge >= 0.3 is 0 Å².